The minimum atomic E-state index is -0.447. The number of aromatic nitrogens is 1. The predicted octanol–water partition coefficient (Wildman–Crippen LogP) is 5.64. The fourth-order valence-electron chi connectivity index (χ4n) is 3.14. The summed E-state index contributed by atoms with van der Waals surface area (Å²) < 4.78 is 0. The molecule has 2 heteroatoms. The van der Waals surface area contributed by atoms with Crippen LogP contribution in [0.3, 0.4) is 0 Å². The Bertz CT molecular complexity index is 969. The topological polar surface area (TPSA) is 38.9 Å². The summed E-state index contributed by atoms with van der Waals surface area (Å²) in [6, 6.07) is 25.0. The summed E-state index contributed by atoms with van der Waals surface area (Å²) in [4.78, 5) is 4.95. The van der Waals surface area contributed by atoms with Crippen molar-refractivity contribution < 1.29 is 0 Å². The van der Waals surface area contributed by atoms with Gasteiger partial charge in [0.05, 0.1) is 16.9 Å². The van der Waals surface area contributed by atoms with Crippen LogP contribution in [0.5, 0.6) is 0 Å². The Kier molecular flexibility index (Phi) is 4.57. The number of rotatable bonds is 3. The third-order valence-corrected chi connectivity index (χ3v) is 4.65. The molecule has 0 saturated carbocycles. The molecule has 0 radical (unpaired) electrons. The van der Waals surface area contributed by atoms with Crippen molar-refractivity contribution in [2.24, 2.45) is 5.73 Å². The number of nitrogens with zero attached hydrogens (tertiary/aromatic N) is 1. The lowest BCUT2D eigenvalue weighted by molar-refractivity contribution is 0.736. The van der Waals surface area contributed by atoms with Crippen molar-refractivity contribution in [3.05, 3.63) is 109 Å². The van der Waals surface area contributed by atoms with Gasteiger partial charge in [0, 0.05) is 5.56 Å². The fraction of sp³-hybridized carbons (Fsp3) is 0.0800. The van der Waals surface area contributed by atoms with Gasteiger partial charge in [0.2, 0.25) is 0 Å². The molecule has 0 fully saturated rings. The van der Waals surface area contributed by atoms with Crippen LogP contribution in [0.15, 0.2) is 103 Å². The number of allylic oxidation sites excluding steroid dienone is 4. The molecule has 2 N–H and O–H groups in total. The zero-order valence-corrected chi connectivity index (χ0v) is 15.3. The van der Waals surface area contributed by atoms with Gasteiger partial charge in [0.15, 0.2) is 0 Å². The minimum Gasteiger partial charge on any atom is -0.319 e. The van der Waals surface area contributed by atoms with Gasteiger partial charge in [0.25, 0.3) is 0 Å². The molecule has 1 unspecified atom stereocenters. The monoisotopic (exact) mass is 350 g/mol. The summed E-state index contributed by atoms with van der Waals surface area (Å²) in [6.07, 6.45) is 10.2. The van der Waals surface area contributed by atoms with Crippen LogP contribution < -0.4 is 5.73 Å². The maximum atomic E-state index is 6.23. The second-order valence-corrected chi connectivity index (χ2v) is 7.04. The first-order chi connectivity index (χ1) is 13.1. The van der Waals surface area contributed by atoms with E-state index in [1.807, 2.05) is 49.4 Å². The van der Waals surface area contributed by atoms with E-state index in [1.54, 1.807) is 0 Å². The van der Waals surface area contributed by atoms with Gasteiger partial charge in [-0.15, -0.1) is 0 Å². The van der Waals surface area contributed by atoms with Crippen molar-refractivity contribution in [3.63, 3.8) is 0 Å². The Morgan fingerprint density at radius 3 is 2.07 bits per heavy atom. The van der Waals surface area contributed by atoms with Gasteiger partial charge in [0.1, 0.15) is 0 Å². The van der Waals surface area contributed by atoms with Crippen LogP contribution in [0.4, 0.5) is 0 Å². The van der Waals surface area contributed by atoms with Crippen LogP contribution in [0.1, 0.15) is 12.6 Å². The number of nitrogens with two attached hydrogens (primary N) is 1. The molecule has 2 aromatic carbocycles. The highest BCUT2D eigenvalue weighted by molar-refractivity contribution is 5.80. The number of pyridine rings is 1. The standard InChI is InChI=1S/C25H22N2/c1-25(26)15-8-13-21(14-16-25)24-18-22(19-9-4-2-5-10-19)17-23(27-24)20-11-6-3-7-12-20/h2-18H,26H2,1H3. The van der Waals surface area contributed by atoms with Gasteiger partial charge in [-0.25, -0.2) is 4.98 Å². The van der Waals surface area contributed by atoms with Gasteiger partial charge < -0.3 is 5.73 Å². The molecule has 0 amide bonds. The Morgan fingerprint density at radius 1 is 0.741 bits per heavy atom. The van der Waals surface area contributed by atoms with E-state index >= 15 is 0 Å². The first-order valence-electron chi connectivity index (χ1n) is 9.12. The highest BCUT2D eigenvalue weighted by Crippen LogP contribution is 2.29. The van der Waals surface area contributed by atoms with Crippen LogP contribution in [0.2, 0.25) is 0 Å². The summed E-state index contributed by atoms with van der Waals surface area (Å²) in [5, 5.41) is 0. The van der Waals surface area contributed by atoms with E-state index in [4.69, 9.17) is 10.7 Å². The normalized spacial score (nSPS) is 18.8. The van der Waals surface area contributed by atoms with Crippen LogP contribution in [-0.4, -0.2) is 10.5 Å². The first-order valence-corrected chi connectivity index (χ1v) is 9.12. The van der Waals surface area contributed by atoms with Crippen LogP contribution >= 0.6 is 0 Å². The lowest BCUT2D eigenvalue weighted by Crippen LogP contribution is -2.30. The van der Waals surface area contributed by atoms with E-state index < -0.39 is 5.54 Å². The molecule has 3 aromatic rings. The Balaban J connectivity index is 1.87. The lowest BCUT2D eigenvalue weighted by Gasteiger charge is -2.13. The molecule has 1 heterocycles. The second-order valence-electron chi connectivity index (χ2n) is 7.04. The van der Waals surface area contributed by atoms with E-state index in [9.17, 15) is 0 Å². The third kappa shape index (κ3) is 3.97. The van der Waals surface area contributed by atoms with Crippen molar-refractivity contribution >= 4 is 5.57 Å². The molecule has 0 spiro atoms. The van der Waals surface area contributed by atoms with Crippen molar-refractivity contribution in [2.75, 3.05) is 0 Å². The summed E-state index contributed by atoms with van der Waals surface area (Å²) in [6.45, 7) is 1.99. The van der Waals surface area contributed by atoms with Crippen LogP contribution in [-0.2, 0) is 0 Å². The van der Waals surface area contributed by atoms with E-state index in [1.165, 1.54) is 5.56 Å². The predicted molar refractivity (Wildman–Crippen MR) is 114 cm³/mol. The summed E-state index contributed by atoms with van der Waals surface area (Å²) in [5.41, 5.74) is 12.2. The van der Waals surface area contributed by atoms with E-state index in [0.29, 0.717) is 0 Å². The van der Waals surface area contributed by atoms with E-state index in [0.717, 1.165) is 28.1 Å². The van der Waals surface area contributed by atoms with Crippen LogP contribution in [0.25, 0.3) is 28.0 Å². The number of hydrogen-bond acceptors (Lipinski definition) is 2. The van der Waals surface area contributed by atoms with Crippen molar-refractivity contribution in [2.45, 2.75) is 12.5 Å². The van der Waals surface area contributed by atoms with Crippen molar-refractivity contribution in [3.8, 4) is 22.4 Å². The highest BCUT2D eigenvalue weighted by Gasteiger charge is 2.14. The molecule has 27 heavy (non-hydrogen) atoms. The minimum absolute atomic E-state index is 0.447. The molecule has 1 aliphatic rings. The Hall–Kier alpha value is -3.23. The van der Waals surface area contributed by atoms with Crippen molar-refractivity contribution in [1.29, 1.82) is 0 Å². The van der Waals surface area contributed by atoms with Gasteiger partial charge >= 0.3 is 0 Å². The molecule has 0 bridgehead atoms. The number of hydrogen-bond donors (Lipinski definition) is 1. The molecule has 2 nitrogen and oxygen atoms in total. The molecule has 1 atom stereocenters. The molecule has 1 aliphatic carbocycles. The van der Waals surface area contributed by atoms with Gasteiger partial charge in [-0.1, -0.05) is 91.0 Å². The Labute approximate surface area is 160 Å². The molecule has 0 saturated heterocycles. The van der Waals surface area contributed by atoms with Gasteiger partial charge in [-0.2, -0.15) is 0 Å². The Morgan fingerprint density at radius 2 is 1.37 bits per heavy atom. The zero-order valence-electron chi connectivity index (χ0n) is 15.3. The van der Waals surface area contributed by atoms with Crippen molar-refractivity contribution in [1.82, 2.24) is 4.98 Å². The lowest BCUT2D eigenvalue weighted by atomic mass is 9.99. The average Bonchev–Trinajstić information content (AvgIpc) is 2.89. The van der Waals surface area contributed by atoms with E-state index in [2.05, 4.69) is 60.7 Å². The summed E-state index contributed by atoms with van der Waals surface area (Å²) in [5.74, 6) is 0. The molecule has 132 valence electrons. The summed E-state index contributed by atoms with van der Waals surface area (Å²) >= 11 is 0. The maximum absolute atomic E-state index is 6.23. The molecule has 4 rings (SSSR count). The largest absolute Gasteiger partial charge is 0.319 e. The zero-order chi connectivity index (χ0) is 18.7. The smallest absolute Gasteiger partial charge is 0.0715 e. The van der Waals surface area contributed by atoms with Gasteiger partial charge in [-0.3, -0.25) is 0 Å². The molecular weight excluding hydrogens is 328 g/mol. The molecule has 0 aliphatic heterocycles. The molecule has 1 aromatic heterocycles. The second kappa shape index (κ2) is 7.18. The maximum Gasteiger partial charge on any atom is 0.0715 e. The molecular formula is C25H22N2. The quantitative estimate of drug-likeness (QED) is 0.663. The SMILES string of the molecule is CC1(N)C=CC=C(c2cc(-c3ccccc3)cc(-c3ccccc3)n2)C=C1. The number of benzene rings is 2. The summed E-state index contributed by atoms with van der Waals surface area (Å²) in [7, 11) is 0. The van der Waals surface area contributed by atoms with Crippen LogP contribution in [0, 0.1) is 0 Å². The van der Waals surface area contributed by atoms with Gasteiger partial charge in [-0.05, 0) is 35.8 Å². The fourth-order valence-corrected chi connectivity index (χ4v) is 3.14. The first kappa shape index (κ1) is 17.2. The highest BCUT2D eigenvalue weighted by atomic mass is 14.7. The average molecular weight is 350 g/mol. The third-order valence-electron chi connectivity index (χ3n) is 4.65. The van der Waals surface area contributed by atoms with E-state index in [-0.39, 0.29) is 0 Å².